The predicted octanol–water partition coefficient (Wildman–Crippen LogP) is 1.84. The van der Waals surface area contributed by atoms with Crippen molar-refractivity contribution in [1.29, 1.82) is 5.26 Å². The molecule has 1 aromatic rings. The molecular weight excluding hydrogens is 226 g/mol. The summed E-state index contributed by atoms with van der Waals surface area (Å²) in [5, 5.41) is 9.05. The molecular formula is C10H14ClN5. The zero-order chi connectivity index (χ0) is 12.1. The van der Waals surface area contributed by atoms with Crippen LogP contribution in [0, 0.1) is 11.3 Å². The lowest BCUT2D eigenvalue weighted by atomic mass is 10.3. The van der Waals surface area contributed by atoms with Gasteiger partial charge in [0.2, 0.25) is 5.95 Å². The summed E-state index contributed by atoms with van der Waals surface area (Å²) in [5.74, 6) is 0.765. The highest BCUT2D eigenvalue weighted by molar-refractivity contribution is 6.32. The number of nitriles is 1. The molecule has 2 N–H and O–H groups in total. The van der Waals surface area contributed by atoms with E-state index in [2.05, 4.69) is 16.0 Å². The molecule has 5 nitrogen and oxygen atoms in total. The molecule has 0 saturated carbocycles. The minimum absolute atomic E-state index is 0.182. The normalized spacial score (nSPS) is 10.2. The highest BCUT2D eigenvalue weighted by Gasteiger charge is 2.15. The van der Waals surface area contributed by atoms with Crippen molar-refractivity contribution in [2.45, 2.75) is 26.3 Å². The van der Waals surface area contributed by atoms with Gasteiger partial charge in [-0.2, -0.15) is 10.2 Å². The van der Waals surface area contributed by atoms with E-state index in [1.54, 1.807) is 0 Å². The molecule has 0 spiro atoms. The van der Waals surface area contributed by atoms with Crippen LogP contribution < -0.4 is 10.6 Å². The molecule has 0 aliphatic carbocycles. The molecule has 1 rings (SSSR count). The molecule has 0 fully saturated rings. The lowest BCUT2D eigenvalue weighted by molar-refractivity contribution is 0.676. The van der Waals surface area contributed by atoms with Gasteiger partial charge in [0.15, 0.2) is 5.82 Å². The second kappa shape index (κ2) is 5.52. The second-order valence-corrected chi connectivity index (χ2v) is 4.00. The van der Waals surface area contributed by atoms with Crippen LogP contribution in [0.1, 0.15) is 20.3 Å². The summed E-state index contributed by atoms with van der Waals surface area (Å²) in [6.07, 6.45) is 1.89. The molecule has 0 radical (unpaired) electrons. The smallest absolute Gasteiger partial charge is 0.222 e. The van der Waals surface area contributed by atoms with Crippen molar-refractivity contribution in [2.24, 2.45) is 0 Å². The summed E-state index contributed by atoms with van der Waals surface area (Å²) in [7, 11) is 0. The Morgan fingerprint density at radius 1 is 1.62 bits per heavy atom. The number of nitrogen functional groups attached to an aromatic ring is 1. The van der Waals surface area contributed by atoms with E-state index in [1.807, 2.05) is 18.7 Å². The van der Waals surface area contributed by atoms with E-state index >= 15 is 0 Å². The molecule has 0 aromatic carbocycles. The molecule has 0 aliphatic heterocycles. The average Bonchev–Trinajstić information content (AvgIpc) is 2.23. The lowest BCUT2D eigenvalue weighted by Crippen LogP contribution is -2.32. The maximum absolute atomic E-state index is 8.60. The van der Waals surface area contributed by atoms with E-state index in [4.69, 9.17) is 22.6 Å². The van der Waals surface area contributed by atoms with Crippen LogP contribution in [0.4, 0.5) is 11.8 Å². The molecule has 0 saturated heterocycles. The van der Waals surface area contributed by atoms with Crippen LogP contribution in [0.2, 0.25) is 5.02 Å². The number of halogens is 1. The van der Waals surface area contributed by atoms with Crippen molar-refractivity contribution < 1.29 is 0 Å². The Labute approximate surface area is 99.9 Å². The third kappa shape index (κ3) is 2.97. The lowest BCUT2D eigenvalue weighted by Gasteiger charge is -2.27. The van der Waals surface area contributed by atoms with Crippen molar-refractivity contribution in [3.05, 3.63) is 11.2 Å². The Hall–Kier alpha value is -1.54. The minimum Gasteiger partial charge on any atom is -0.368 e. The van der Waals surface area contributed by atoms with Crippen LogP contribution in [0.5, 0.6) is 0 Å². The molecule has 86 valence electrons. The molecule has 0 amide bonds. The van der Waals surface area contributed by atoms with Gasteiger partial charge >= 0.3 is 0 Å². The first-order valence-electron chi connectivity index (χ1n) is 4.98. The van der Waals surface area contributed by atoms with Crippen LogP contribution in [0.3, 0.4) is 0 Å². The Balaban J connectivity index is 3.01. The Kier molecular flexibility index (Phi) is 4.32. The predicted molar refractivity (Wildman–Crippen MR) is 64.2 cm³/mol. The second-order valence-electron chi connectivity index (χ2n) is 3.60. The van der Waals surface area contributed by atoms with Gasteiger partial charge in [-0.3, -0.25) is 0 Å². The quantitative estimate of drug-likeness (QED) is 0.867. The Morgan fingerprint density at radius 3 is 2.88 bits per heavy atom. The maximum Gasteiger partial charge on any atom is 0.222 e. The van der Waals surface area contributed by atoms with E-state index in [0.29, 0.717) is 23.8 Å². The molecule has 16 heavy (non-hydrogen) atoms. The van der Waals surface area contributed by atoms with Crippen molar-refractivity contribution in [2.75, 3.05) is 17.2 Å². The summed E-state index contributed by atoms with van der Waals surface area (Å²) in [6.45, 7) is 4.59. The van der Waals surface area contributed by atoms with Crippen LogP contribution in [0.15, 0.2) is 6.20 Å². The Bertz CT molecular complexity index is 399. The van der Waals surface area contributed by atoms with Crippen LogP contribution >= 0.6 is 11.6 Å². The highest BCUT2D eigenvalue weighted by Crippen LogP contribution is 2.24. The van der Waals surface area contributed by atoms with E-state index in [9.17, 15) is 0 Å². The fraction of sp³-hybridized carbons (Fsp3) is 0.500. The molecule has 1 heterocycles. The zero-order valence-corrected chi connectivity index (χ0v) is 10.1. The molecule has 0 atom stereocenters. The topological polar surface area (TPSA) is 78.8 Å². The van der Waals surface area contributed by atoms with E-state index < -0.39 is 0 Å². The van der Waals surface area contributed by atoms with Gasteiger partial charge in [-0.05, 0) is 13.8 Å². The van der Waals surface area contributed by atoms with E-state index in [1.165, 1.54) is 6.20 Å². The van der Waals surface area contributed by atoms with E-state index in [0.717, 1.165) is 0 Å². The van der Waals surface area contributed by atoms with Crippen LogP contribution in [0.25, 0.3) is 0 Å². The third-order valence-electron chi connectivity index (χ3n) is 2.10. The summed E-state index contributed by atoms with van der Waals surface area (Å²) in [6, 6.07) is 2.29. The van der Waals surface area contributed by atoms with Gasteiger partial charge in [-0.15, -0.1) is 0 Å². The monoisotopic (exact) mass is 239 g/mol. The van der Waals surface area contributed by atoms with Gasteiger partial charge in [-0.1, -0.05) is 11.6 Å². The van der Waals surface area contributed by atoms with Gasteiger partial charge in [0.1, 0.15) is 5.02 Å². The first-order chi connectivity index (χ1) is 7.56. The van der Waals surface area contributed by atoms with Crippen LogP contribution in [-0.2, 0) is 0 Å². The third-order valence-corrected chi connectivity index (χ3v) is 2.37. The number of nitrogens with zero attached hydrogens (tertiary/aromatic N) is 4. The number of aromatic nitrogens is 2. The summed E-state index contributed by atoms with van der Waals surface area (Å²) in [5.41, 5.74) is 5.52. The fourth-order valence-electron chi connectivity index (χ4n) is 1.35. The molecule has 0 aliphatic rings. The van der Waals surface area contributed by atoms with Crippen molar-refractivity contribution in [3.8, 4) is 6.07 Å². The standard InChI is InChI=1S/C10H14ClN5/c1-7(2)16(5-3-4-12)9-8(11)6-14-10(13)15-9/h6-7H,3,5H2,1-2H3,(H2,13,14,15). The highest BCUT2D eigenvalue weighted by atomic mass is 35.5. The Morgan fingerprint density at radius 2 is 2.31 bits per heavy atom. The summed E-state index contributed by atoms with van der Waals surface area (Å²) >= 11 is 6.01. The first kappa shape index (κ1) is 12.5. The number of anilines is 2. The van der Waals surface area contributed by atoms with Gasteiger partial charge in [0.25, 0.3) is 0 Å². The number of nitrogens with two attached hydrogens (primary N) is 1. The first-order valence-corrected chi connectivity index (χ1v) is 5.35. The molecule has 0 bridgehead atoms. The van der Waals surface area contributed by atoms with Gasteiger partial charge in [0, 0.05) is 12.6 Å². The zero-order valence-electron chi connectivity index (χ0n) is 9.31. The number of rotatable bonds is 4. The number of hydrogen-bond acceptors (Lipinski definition) is 5. The fourth-order valence-corrected chi connectivity index (χ4v) is 1.55. The number of hydrogen-bond donors (Lipinski definition) is 1. The van der Waals surface area contributed by atoms with Crippen molar-refractivity contribution >= 4 is 23.4 Å². The summed E-state index contributed by atoms with van der Waals surface area (Å²) in [4.78, 5) is 9.84. The van der Waals surface area contributed by atoms with Gasteiger partial charge < -0.3 is 10.6 Å². The minimum atomic E-state index is 0.182. The largest absolute Gasteiger partial charge is 0.368 e. The van der Waals surface area contributed by atoms with Crippen LogP contribution in [-0.4, -0.2) is 22.6 Å². The van der Waals surface area contributed by atoms with Crippen molar-refractivity contribution in [1.82, 2.24) is 9.97 Å². The molecule has 6 heteroatoms. The van der Waals surface area contributed by atoms with Gasteiger partial charge in [0.05, 0.1) is 18.7 Å². The van der Waals surface area contributed by atoms with E-state index in [-0.39, 0.29) is 12.0 Å². The molecule has 1 aromatic heterocycles. The average molecular weight is 240 g/mol. The molecule has 0 unspecified atom stereocenters. The van der Waals surface area contributed by atoms with Crippen molar-refractivity contribution in [3.63, 3.8) is 0 Å². The SMILES string of the molecule is CC(C)N(CCC#N)c1nc(N)ncc1Cl. The van der Waals surface area contributed by atoms with Gasteiger partial charge in [-0.25, -0.2) is 4.98 Å². The maximum atomic E-state index is 8.60. The summed E-state index contributed by atoms with van der Waals surface area (Å²) < 4.78 is 0.